The van der Waals surface area contributed by atoms with Gasteiger partial charge in [-0.05, 0) is 61.7 Å². The molecule has 2 unspecified atom stereocenters. The Kier molecular flexibility index (Phi) is 7.30. The number of ether oxygens (including phenoxy) is 2. The lowest BCUT2D eigenvalue weighted by Crippen LogP contribution is -2.21. The van der Waals surface area contributed by atoms with Gasteiger partial charge in [-0.2, -0.15) is 0 Å². The molecule has 1 heterocycles. The van der Waals surface area contributed by atoms with Crippen molar-refractivity contribution in [3.8, 4) is 16.9 Å². The summed E-state index contributed by atoms with van der Waals surface area (Å²) in [5.41, 5.74) is 4.98. The quantitative estimate of drug-likeness (QED) is 0.276. The lowest BCUT2D eigenvalue weighted by atomic mass is 10.0. The van der Waals surface area contributed by atoms with Gasteiger partial charge in [0.1, 0.15) is 31.1 Å². The Morgan fingerprint density at radius 2 is 1.73 bits per heavy atom. The monoisotopic (exact) mass is 462 g/mol. The zero-order valence-corrected chi connectivity index (χ0v) is 19.8. The largest absolute Gasteiger partial charge is 0.485 e. The molecule has 5 nitrogen and oxygen atoms in total. The van der Waals surface area contributed by atoms with E-state index in [9.17, 15) is 0 Å². The number of halogens is 1. The van der Waals surface area contributed by atoms with Gasteiger partial charge in [-0.15, -0.1) is 0 Å². The highest BCUT2D eigenvalue weighted by Gasteiger charge is 2.23. The second-order valence-electron chi connectivity index (χ2n) is 7.80. The van der Waals surface area contributed by atoms with Crippen LogP contribution in [0.3, 0.4) is 0 Å². The average Bonchev–Trinajstić information content (AvgIpc) is 3.33. The van der Waals surface area contributed by atoms with Crippen molar-refractivity contribution in [2.24, 2.45) is 10.1 Å². The summed E-state index contributed by atoms with van der Waals surface area (Å²) in [6, 6.07) is 24.0. The molecule has 170 valence electrons. The maximum Gasteiger partial charge on any atom is 0.218 e. The molecule has 0 aromatic heterocycles. The highest BCUT2D eigenvalue weighted by Crippen LogP contribution is 2.30. The Balaban J connectivity index is 1.42. The summed E-state index contributed by atoms with van der Waals surface area (Å²) in [7, 11) is 0. The highest BCUT2D eigenvalue weighted by molar-refractivity contribution is 6.33. The fourth-order valence-electron chi connectivity index (χ4n) is 3.48. The minimum atomic E-state index is -0.161. The topological polar surface area (TPSA) is 52.4 Å². The van der Waals surface area contributed by atoms with E-state index in [0.29, 0.717) is 24.1 Å². The van der Waals surface area contributed by atoms with Crippen LogP contribution >= 0.6 is 11.6 Å². The molecule has 4 rings (SSSR count). The SMILES string of the molecule is CCO/N=C(/C)C(C)Oc1ccc(-c2ccc(C3COC(c4ccccc4Cl)=N3)cc2)cc1. The van der Waals surface area contributed by atoms with Crippen molar-refractivity contribution >= 4 is 23.2 Å². The minimum absolute atomic E-state index is 0.0378. The molecular weight excluding hydrogens is 436 g/mol. The number of benzene rings is 3. The van der Waals surface area contributed by atoms with Crippen LogP contribution in [0.4, 0.5) is 0 Å². The molecule has 0 amide bonds. The normalized spacial score (nSPS) is 16.7. The van der Waals surface area contributed by atoms with E-state index in [1.165, 1.54) is 0 Å². The maximum atomic E-state index is 6.28. The number of hydrogen-bond donors (Lipinski definition) is 0. The summed E-state index contributed by atoms with van der Waals surface area (Å²) in [4.78, 5) is 9.84. The Morgan fingerprint density at radius 3 is 2.39 bits per heavy atom. The Morgan fingerprint density at radius 1 is 1.06 bits per heavy atom. The molecule has 0 saturated heterocycles. The van der Waals surface area contributed by atoms with Crippen LogP contribution in [-0.4, -0.2) is 30.9 Å². The molecule has 3 aromatic rings. The first-order valence-electron chi connectivity index (χ1n) is 11.0. The van der Waals surface area contributed by atoms with E-state index >= 15 is 0 Å². The summed E-state index contributed by atoms with van der Waals surface area (Å²) in [6.45, 7) is 6.81. The van der Waals surface area contributed by atoms with Crippen LogP contribution < -0.4 is 4.74 Å². The second kappa shape index (κ2) is 10.5. The van der Waals surface area contributed by atoms with Crippen molar-refractivity contribution in [3.05, 3.63) is 88.9 Å². The fourth-order valence-corrected chi connectivity index (χ4v) is 3.70. The summed E-state index contributed by atoms with van der Waals surface area (Å²) in [5.74, 6) is 1.39. The van der Waals surface area contributed by atoms with Crippen LogP contribution in [0.2, 0.25) is 5.02 Å². The van der Waals surface area contributed by atoms with E-state index in [1.807, 2.05) is 57.2 Å². The van der Waals surface area contributed by atoms with Crippen LogP contribution in [0.25, 0.3) is 11.1 Å². The van der Waals surface area contributed by atoms with Crippen molar-refractivity contribution in [1.82, 2.24) is 0 Å². The van der Waals surface area contributed by atoms with Gasteiger partial charge in [0.2, 0.25) is 5.90 Å². The van der Waals surface area contributed by atoms with Crippen LogP contribution in [-0.2, 0) is 9.57 Å². The van der Waals surface area contributed by atoms with Crippen LogP contribution in [0.15, 0.2) is 82.9 Å². The first-order valence-corrected chi connectivity index (χ1v) is 11.4. The van der Waals surface area contributed by atoms with Gasteiger partial charge in [-0.25, -0.2) is 4.99 Å². The molecule has 0 bridgehead atoms. The Hall–Kier alpha value is -3.31. The van der Waals surface area contributed by atoms with Gasteiger partial charge >= 0.3 is 0 Å². The zero-order valence-electron chi connectivity index (χ0n) is 19.0. The third-order valence-electron chi connectivity index (χ3n) is 5.48. The molecule has 0 spiro atoms. The van der Waals surface area contributed by atoms with Gasteiger partial charge in [-0.3, -0.25) is 0 Å². The lowest BCUT2D eigenvalue weighted by molar-refractivity contribution is 0.153. The summed E-state index contributed by atoms with van der Waals surface area (Å²) in [6.07, 6.45) is -0.161. The molecule has 1 aliphatic rings. The minimum Gasteiger partial charge on any atom is -0.485 e. The van der Waals surface area contributed by atoms with Crippen molar-refractivity contribution in [2.45, 2.75) is 32.9 Å². The predicted octanol–water partition coefficient (Wildman–Crippen LogP) is 6.70. The second-order valence-corrected chi connectivity index (χ2v) is 8.21. The molecule has 0 N–H and O–H groups in total. The third-order valence-corrected chi connectivity index (χ3v) is 5.81. The smallest absolute Gasteiger partial charge is 0.218 e. The van der Waals surface area contributed by atoms with Gasteiger partial charge in [-0.1, -0.05) is 65.3 Å². The fraction of sp³-hybridized carbons (Fsp3) is 0.259. The third kappa shape index (κ3) is 5.55. The number of aliphatic imine (C=N–C) groups is 1. The van der Waals surface area contributed by atoms with Crippen molar-refractivity contribution in [3.63, 3.8) is 0 Å². The Bertz CT molecular complexity index is 1140. The highest BCUT2D eigenvalue weighted by atomic mass is 35.5. The summed E-state index contributed by atoms with van der Waals surface area (Å²) < 4.78 is 11.8. The first-order chi connectivity index (χ1) is 16.0. The van der Waals surface area contributed by atoms with Crippen LogP contribution in [0.5, 0.6) is 5.75 Å². The van der Waals surface area contributed by atoms with E-state index in [1.54, 1.807) is 0 Å². The predicted molar refractivity (Wildman–Crippen MR) is 133 cm³/mol. The molecule has 3 aromatic carbocycles. The molecule has 33 heavy (non-hydrogen) atoms. The lowest BCUT2D eigenvalue weighted by Gasteiger charge is -2.14. The van der Waals surface area contributed by atoms with Crippen LogP contribution in [0.1, 0.15) is 37.9 Å². The number of rotatable bonds is 8. The number of hydrogen-bond acceptors (Lipinski definition) is 5. The molecule has 1 aliphatic heterocycles. The van der Waals surface area contributed by atoms with Crippen LogP contribution in [0, 0.1) is 0 Å². The van der Waals surface area contributed by atoms with E-state index in [-0.39, 0.29) is 12.1 Å². The standard InChI is InChI=1S/C27H27ClN2O3/c1-4-32-30-18(2)19(3)33-23-15-13-21(14-16-23)20-9-11-22(12-10-20)26-17-31-27(29-26)24-7-5-6-8-25(24)28/h5-16,19,26H,4,17H2,1-3H3/b30-18-. The van der Waals surface area contributed by atoms with Crippen molar-refractivity contribution < 1.29 is 14.3 Å². The molecule has 0 radical (unpaired) electrons. The molecule has 0 aliphatic carbocycles. The van der Waals surface area contributed by atoms with Gasteiger partial charge in [0.15, 0.2) is 0 Å². The first kappa shape index (κ1) is 22.9. The van der Waals surface area contributed by atoms with Gasteiger partial charge < -0.3 is 14.3 Å². The van der Waals surface area contributed by atoms with E-state index in [2.05, 4.69) is 41.6 Å². The van der Waals surface area contributed by atoms with E-state index < -0.39 is 0 Å². The van der Waals surface area contributed by atoms with Crippen molar-refractivity contribution in [1.29, 1.82) is 0 Å². The van der Waals surface area contributed by atoms with E-state index in [4.69, 9.17) is 30.9 Å². The average molecular weight is 463 g/mol. The summed E-state index contributed by atoms with van der Waals surface area (Å²) >= 11 is 6.28. The maximum absolute atomic E-state index is 6.28. The van der Waals surface area contributed by atoms with E-state index in [0.717, 1.165) is 33.7 Å². The summed E-state index contributed by atoms with van der Waals surface area (Å²) in [5, 5.41) is 4.68. The Labute approximate surface area is 199 Å². The molecule has 6 heteroatoms. The van der Waals surface area contributed by atoms with Gasteiger partial charge in [0, 0.05) is 0 Å². The van der Waals surface area contributed by atoms with Gasteiger partial charge in [0.25, 0.3) is 0 Å². The zero-order chi connectivity index (χ0) is 23.2. The molecular formula is C27H27ClN2O3. The number of oxime groups is 1. The molecule has 0 saturated carbocycles. The molecule has 2 atom stereocenters. The van der Waals surface area contributed by atoms with Crippen molar-refractivity contribution in [2.75, 3.05) is 13.2 Å². The number of nitrogens with zero attached hydrogens (tertiary/aromatic N) is 2. The molecule has 0 fully saturated rings. The van der Waals surface area contributed by atoms with Gasteiger partial charge in [0.05, 0.1) is 16.3 Å².